The van der Waals surface area contributed by atoms with Crippen molar-refractivity contribution in [2.24, 2.45) is 0 Å². The van der Waals surface area contributed by atoms with E-state index in [0.29, 0.717) is 22.1 Å². The molecule has 0 saturated carbocycles. The van der Waals surface area contributed by atoms with Crippen LogP contribution >= 0.6 is 7.14 Å². The second-order valence-corrected chi connectivity index (χ2v) is 12.0. The molecule has 186 valence electrons. The monoisotopic (exact) mass is 518 g/mol. The molecular formula is C25H27O8PS. The number of hydrogen-bond acceptors (Lipinski definition) is 7. The number of benzene rings is 3. The second-order valence-electron chi connectivity index (χ2n) is 8.09. The van der Waals surface area contributed by atoms with E-state index in [4.69, 9.17) is 18.4 Å². The quantitative estimate of drug-likeness (QED) is 0.339. The first-order chi connectivity index (χ1) is 16.8. The van der Waals surface area contributed by atoms with E-state index >= 15 is 0 Å². The fourth-order valence-electron chi connectivity index (χ4n) is 4.21. The van der Waals surface area contributed by atoms with Crippen LogP contribution in [-0.2, 0) is 23.9 Å². The molecule has 1 aliphatic rings. The molecule has 35 heavy (non-hydrogen) atoms. The zero-order valence-electron chi connectivity index (χ0n) is 19.1. The minimum atomic E-state index is -4.86. The zero-order valence-corrected chi connectivity index (χ0v) is 20.8. The van der Waals surface area contributed by atoms with Gasteiger partial charge in [-0.3, -0.25) is 4.55 Å². The normalized spacial score (nSPS) is 20.8. The van der Waals surface area contributed by atoms with Gasteiger partial charge in [0.25, 0.3) is 0 Å². The van der Waals surface area contributed by atoms with E-state index in [9.17, 15) is 17.5 Å². The van der Waals surface area contributed by atoms with Gasteiger partial charge < -0.3 is 18.8 Å². The number of ether oxygens (including phenoxy) is 3. The van der Waals surface area contributed by atoms with Gasteiger partial charge in [-0.2, -0.15) is 8.42 Å². The number of methoxy groups -OCH3 is 1. The third-order valence-electron chi connectivity index (χ3n) is 5.83. The van der Waals surface area contributed by atoms with Crippen molar-refractivity contribution in [2.45, 2.75) is 24.7 Å². The molecule has 10 heteroatoms. The molecule has 1 N–H and O–H groups in total. The molecule has 3 aromatic rings. The van der Waals surface area contributed by atoms with Gasteiger partial charge in [0.05, 0.1) is 19.8 Å². The van der Waals surface area contributed by atoms with Gasteiger partial charge >= 0.3 is 10.4 Å². The molecule has 8 nitrogen and oxygen atoms in total. The molecule has 0 amide bonds. The lowest BCUT2D eigenvalue weighted by Gasteiger charge is -2.38. The summed E-state index contributed by atoms with van der Waals surface area (Å²) in [7, 11) is -6.65. The molecule has 0 spiro atoms. The highest BCUT2D eigenvalue weighted by molar-refractivity contribution is 7.81. The minimum Gasteiger partial charge on any atom is -0.493 e. The van der Waals surface area contributed by atoms with Crippen LogP contribution in [-0.4, -0.2) is 51.2 Å². The fourth-order valence-corrected chi connectivity index (χ4v) is 7.59. The van der Waals surface area contributed by atoms with Crippen LogP contribution in [0.4, 0.5) is 0 Å². The Morgan fingerprint density at radius 1 is 0.914 bits per heavy atom. The predicted molar refractivity (Wildman–Crippen MR) is 133 cm³/mol. The lowest BCUT2D eigenvalue weighted by Crippen LogP contribution is -2.51. The van der Waals surface area contributed by atoms with Gasteiger partial charge in [-0.05, 0) is 12.1 Å². The average molecular weight is 519 g/mol. The molecule has 1 fully saturated rings. The Kier molecular flexibility index (Phi) is 7.94. The first kappa shape index (κ1) is 25.4. The maximum atomic E-state index is 14.6. The van der Waals surface area contributed by atoms with Crippen LogP contribution in [0, 0.1) is 0 Å². The molecule has 1 heterocycles. The van der Waals surface area contributed by atoms with Gasteiger partial charge in [-0.25, -0.2) is 4.18 Å². The van der Waals surface area contributed by atoms with E-state index in [-0.39, 0.29) is 19.2 Å². The summed E-state index contributed by atoms with van der Waals surface area (Å²) in [5.74, 6) is 0.847. The summed E-state index contributed by atoms with van der Waals surface area (Å²) in [5.41, 5.74) is 0. The van der Waals surface area contributed by atoms with Crippen molar-refractivity contribution in [1.82, 2.24) is 0 Å². The first-order valence-electron chi connectivity index (χ1n) is 11.1. The highest BCUT2D eigenvalue weighted by Gasteiger charge is 2.44. The lowest BCUT2D eigenvalue weighted by molar-refractivity contribution is -0.107. The summed E-state index contributed by atoms with van der Waals surface area (Å²) in [4.78, 5) is 0. The number of rotatable bonds is 9. The minimum absolute atomic E-state index is 0.0486. The highest BCUT2D eigenvalue weighted by atomic mass is 32.3. The van der Waals surface area contributed by atoms with Crippen molar-refractivity contribution in [3.05, 3.63) is 84.9 Å². The molecule has 1 aliphatic heterocycles. The van der Waals surface area contributed by atoms with Crippen molar-refractivity contribution in [3.8, 4) is 11.5 Å². The second kappa shape index (κ2) is 10.9. The molecule has 0 aliphatic carbocycles. The van der Waals surface area contributed by atoms with Gasteiger partial charge in [0, 0.05) is 23.2 Å². The maximum Gasteiger partial charge on any atom is 0.397 e. The van der Waals surface area contributed by atoms with Gasteiger partial charge in [-0.15, -0.1) is 0 Å². The first-order valence-corrected chi connectivity index (χ1v) is 14.3. The lowest BCUT2D eigenvalue weighted by atomic mass is 10.0. The summed E-state index contributed by atoms with van der Waals surface area (Å²) in [6.45, 7) is 0.222. The SMILES string of the molecule is COc1ccccc1O[C@@H]1CCO[C@H](CP(=O)(c2ccccc2)c2ccccc2)[C@H]1OS(=O)(=O)O. The van der Waals surface area contributed by atoms with Crippen LogP contribution in [0.3, 0.4) is 0 Å². The Balaban J connectivity index is 1.71. The van der Waals surface area contributed by atoms with E-state index in [0.717, 1.165) is 0 Å². The number of hydrogen-bond donors (Lipinski definition) is 1. The predicted octanol–water partition coefficient (Wildman–Crippen LogP) is 3.43. The molecule has 4 rings (SSSR count). The smallest absolute Gasteiger partial charge is 0.397 e. The molecule has 0 unspecified atom stereocenters. The summed E-state index contributed by atoms with van der Waals surface area (Å²) in [5, 5.41) is 1.21. The summed E-state index contributed by atoms with van der Waals surface area (Å²) < 4.78 is 70.1. The van der Waals surface area contributed by atoms with Gasteiger partial charge in [0.1, 0.15) is 19.3 Å². The Bertz CT molecular complexity index is 1220. The maximum absolute atomic E-state index is 14.6. The van der Waals surface area contributed by atoms with Crippen LogP contribution < -0.4 is 20.1 Å². The molecule has 0 radical (unpaired) electrons. The summed E-state index contributed by atoms with van der Waals surface area (Å²) in [6, 6.07) is 24.9. The Morgan fingerprint density at radius 3 is 2.00 bits per heavy atom. The van der Waals surface area contributed by atoms with Gasteiger partial charge in [0.2, 0.25) is 0 Å². The molecule has 3 atom stereocenters. The van der Waals surface area contributed by atoms with Crippen molar-refractivity contribution >= 4 is 28.1 Å². The Morgan fingerprint density at radius 2 is 1.46 bits per heavy atom. The van der Waals surface area contributed by atoms with Crippen molar-refractivity contribution in [1.29, 1.82) is 0 Å². The van der Waals surface area contributed by atoms with E-state index in [1.165, 1.54) is 7.11 Å². The van der Waals surface area contributed by atoms with Crippen LogP contribution in [0.2, 0.25) is 0 Å². The molecule has 0 aromatic heterocycles. The third-order valence-corrected chi connectivity index (χ3v) is 9.44. The van der Waals surface area contributed by atoms with Gasteiger partial charge in [-0.1, -0.05) is 72.8 Å². The third kappa shape index (κ3) is 6.12. The van der Waals surface area contributed by atoms with Crippen molar-refractivity contribution in [3.63, 3.8) is 0 Å². The number of para-hydroxylation sites is 2. The van der Waals surface area contributed by atoms with E-state index in [1.807, 2.05) is 12.1 Å². The molecule has 3 aromatic carbocycles. The Labute approximate surface area is 205 Å². The van der Waals surface area contributed by atoms with Crippen LogP contribution in [0.5, 0.6) is 11.5 Å². The zero-order chi connectivity index (χ0) is 24.9. The van der Waals surface area contributed by atoms with Gasteiger partial charge in [0.15, 0.2) is 11.5 Å². The van der Waals surface area contributed by atoms with Crippen molar-refractivity contribution in [2.75, 3.05) is 19.9 Å². The van der Waals surface area contributed by atoms with E-state index < -0.39 is 35.9 Å². The molecule has 1 saturated heterocycles. The molecule has 0 bridgehead atoms. The van der Waals surface area contributed by atoms with Crippen LogP contribution in [0.15, 0.2) is 84.9 Å². The topological polar surface area (TPSA) is 108 Å². The Hall–Kier alpha value is -2.68. The summed E-state index contributed by atoms with van der Waals surface area (Å²) in [6.07, 6.45) is -2.77. The summed E-state index contributed by atoms with van der Waals surface area (Å²) >= 11 is 0. The molecular weight excluding hydrogens is 491 g/mol. The average Bonchev–Trinajstić information content (AvgIpc) is 2.86. The van der Waals surface area contributed by atoms with Crippen LogP contribution in [0.1, 0.15) is 6.42 Å². The largest absolute Gasteiger partial charge is 0.493 e. The highest BCUT2D eigenvalue weighted by Crippen LogP contribution is 2.46. The fraction of sp³-hybridized carbons (Fsp3) is 0.280. The van der Waals surface area contributed by atoms with E-state index in [2.05, 4.69) is 0 Å². The van der Waals surface area contributed by atoms with E-state index in [1.54, 1.807) is 72.8 Å². The van der Waals surface area contributed by atoms with Crippen molar-refractivity contribution < 1.29 is 35.9 Å². The standard InChI is InChI=1S/C25H27O8PS/c1-30-21-14-8-9-15-22(21)32-23-16-17-31-24(25(23)33-35(27,28)29)18-34(26,19-10-4-2-5-11-19)20-12-6-3-7-13-20/h2-15,23-25H,16-18H2,1H3,(H,27,28,29)/t23-,24-,25+/m1/s1. The van der Waals surface area contributed by atoms with Crippen LogP contribution in [0.25, 0.3) is 0 Å².